The van der Waals surface area contributed by atoms with E-state index in [9.17, 15) is 9.59 Å². The van der Waals surface area contributed by atoms with Gasteiger partial charge in [-0.2, -0.15) is 0 Å². The van der Waals surface area contributed by atoms with E-state index in [-0.39, 0.29) is 12.5 Å². The SMILES string of the molecule is COC(=O)c1ccccc1COc1ccc(NC(C)=O)c(N)c1. The highest BCUT2D eigenvalue weighted by atomic mass is 16.5. The highest BCUT2D eigenvalue weighted by Gasteiger charge is 2.11. The number of carbonyl (C=O) groups is 2. The Kier molecular flexibility index (Phi) is 5.19. The predicted molar refractivity (Wildman–Crippen MR) is 87.3 cm³/mol. The number of esters is 1. The van der Waals surface area contributed by atoms with Gasteiger partial charge in [0.15, 0.2) is 0 Å². The first-order valence-corrected chi connectivity index (χ1v) is 6.97. The Labute approximate surface area is 134 Å². The number of rotatable bonds is 5. The third-order valence-corrected chi connectivity index (χ3v) is 3.15. The van der Waals surface area contributed by atoms with Gasteiger partial charge in [-0.15, -0.1) is 0 Å². The molecule has 0 fully saturated rings. The highest BCUT2D eigenvalue weighted by Crippen LogP contribution is 2.25. The van der Waals surface area contributed by atoms with Gasteiger partial charge in [-0.25, -0.2) is 4.79 Å². The number of anilines is 2. The van der Waals surface area contributed by atoms with Gasteiger partial charge in [0, 0.05) is 18.6 Å². The van der Waals surface area contributed by atoms with Crippen molar-refractivity contribution in [1.82, 2.24) is 0 Å². The van der Waals surface area contributed by atoms with E-state index in [4.69, 9.17) is 15.2 Å². The van der Waals surface area contributed by atoms with Crippen LogP contribution in [-0.4, -0.2) is 19.0 Å². The highest BCUT2D eigenvalue weighted by molar-refractivity contribution is 5.92. The minimum Gasteiger partial charge on any atom is -0.489 e. The minimum absolute atomic E-state index is 0.197. The molecule has 120 valence electrons. The van der Waals surface area contributed by atoms with Crippen LogP contribution < -0.4 is 15.8 Å². The molecule has 0 atom stereocenters. The van der Waals surface area contributed by atoms with Crippen LogP contribution in [0.5, 0.6) is 5.75 Å². The molecule has 0 aliphatic heterocycles. The molecular formula is C17H18N2O4. The molecule has 0 unspecified atom stereocenters. The average molecular weight is 314 g/mol. The maximum Gasteiger partial charge on any atom is 0.338 e. The van der Waals surface area contributed by atoms with E-state index in [1.807, 2.05) is 6.07 Å². The van der Waals surface area contributed by atoms with Crippen molar-refractivity contribution < 1.29 is 19.1 Å². The molecule has 0 aliphatic carbocycles. The number of ether oxygens (including phenoxy) is 2. The number of benzene rings is 2. The van der Waals surface area contributed by atoms with E-state index in [2.05, 4.69) is 5.32 Å². The Hall–Kier alpha value is -3.02. The van der Waals surface area contributed by atoms with E-state index in [1.165, 1.54) is 14.0 Å². The summed E-state index contributed by atoms with van der Waals surface area (Å²) in [5.74, 6) is -0.0710. The van der Waals surface area contributed by atoms with Crippen LogP contribution in [0.1, 0.15) is 22.8 Å². The lowest BCUT2D eigenvalue weighted by Crippen LogP contribution is -2.09. The lowest BCUT2D eigenvalue weighted by Gasteiger charge is -2.12. The largest absolute Gasteiger partial charge is 0.489 e. The summed E-state index contributed by atoms with van der Waals surface area (Å²) in [7, 11) is 1.33. The second-order valence-corrected chi connectivity index (χ2v) is 4.87. The van der Waals surface area contributed by atoms with Crippen LogP contribution in [0.2, 0.25) is 0 Å². The van der Waals surface area contributed by atoms with E-state index in [1.54, 1.807) is 36.4 Å². The molecule has 0 radical (unpaired) electrons. The third kappa shape index (κ3) is 4.23. The van der Waals surface area contributed by atoms with Gasteiger partial charge in [0.05, 0.1) is 24.0 Å². The van der Waals surface area contributed by atoms with Gasteiger partial charge in [0.1, 0.15) is 12.4 Å². The van der Waals surface area contributed by atoms with Crippen molar-refractivity contribution in [1.29, 1.82) is 0 Å². The fourth-order valence-electron chi connectivity index (χ4n) is 2.05. The molecule has 0 saturated carbocycles. The Morgan fingerprint density at radius 2 is 1.91 bits per heavy atom. The van der Waals surface area contributed by atoms with Gasteiger partial charge in [-0.1, -0.05) is 18.2 Å². The quantitative estimate of drug-likeness (QED) is 0.654. The zero-order valence-corrected chi connectivity index (χ0v) is 13.0. The first-order chi connectivity index (χ1) is 11.0. The summed E-state index contributed by atoms with van der Waals surface area (Å²) in [6, 6.07) is 12.0. The van der Waals surface area contributed by atoms with Crippen molar-refractivity contribution in [2.75, 3.05) is 18.2 Å². The summed E-state index contributed by atoms with van der Waals surface area (Å²) in [6.07, 6.45) is 0. The molecule has 0 saturated heterocycles. The average Bonchev–Trinajstić information content (AvgIpc) is 2.54. The number of nitrogens with two attached hydrogens (primary N) is 1. The van der Waals surface area contributed by atoms with Gasteiger partial charge < -0.3 is 20.5 Å². The summed E-state index contributed by atoms with van der Waals surface area (Å²) in [4.78, 5) is 22.8. The van der Waals surface area contributed by atoms with E-state index in [0.717, 1.165) is 0 Å². The molecule has 0 aliphatic rings. The molecular weight excluding hydrogens is 296 g/mol. The Balaban J connectivity index is 2.11. The Bertz CT molecular complexity index is 728. The molecule has 23 heavy (non-hydrogen) atoms. The second-order valence-electron chi connectivity index (χ2n) is 4.87. The lowest BCUT2D eigenvalue weighted by molar-refractivity contribution is -0.114. The molecule has 0 spiro atoms. The topological polar surface area (TPSA) is 90.6 Å². The molecule has 3 N–H and O–H groups in total. The van der Waals surface area contributed by atoms with Crippen LogP contribution in [0.3, 0.4) is 0 Å². The zero-order chi connectivity index (χ0) is 16.8. The van der Waals surface area contributed by atoms with Gasteiger partial charge in [0.2, 0.25) is 5.91 Å². The number of methoxy groups -OCH3 is 1. The summed E-state index contributed by atoms with van der Waals surface area (Å²) in [6.45, 7) is 1.61. The Morgan fingerprint density at radius 3 is 2.57 bits per heavy atom. The van der Waals surface area contributed by atoms with Crippen LogP contribution in [-0.2, 0) is 16.1 Å². The molecule has 6 heteroatoms. The molecule has 1 amide bonds. The van der Waals surface area contributed by atoms with Crippen molar-refractivity contribution in [3.63, 3.8) is 0 Å². The van der Waals surface area contributed by atoms with Crippen molar-refractivity contribution in [3.05, 3.63) is 53.6 Å². The molecule has 0 aromatic heterocycles. The summed E-state index contributed by atoms with van der Waals surface area (Å²) in [5.41, 5.74) is 7.97. The van der Waals surface area contributed by atoms with Gasteiger partial charge in [-0.3, -0.25) is 4.79 Å². The van der Waals surface area contributed by atoms with Crippen LogP contribution in [0, 0.1) is 0 Å². The fraction of sp³-hybridized carbons (Fsp3) is 0.176. The Morgan fingerprint density at radius 1 is 1.17 bits per heavy atom. The number of hydrogen-bond donors (Lipinski definition) is 2. The van der Waals surface area contributed by atoms with Gasteiger partial charge >= 0.3 is 5.97 Å². The van der Waals surface area contributed by atoms with E-state index < -0.39 is 5.97 Å². The summed E-state index contributed by atoms with van der Waals surface area (Å²) in [5, 5.41) is 2.63. The van der Waals surface area contributed by atoms with Crippen molar-refractivity contribution in [3.8, 4) is 5.75 Å². The van der Waals surface area contributed by atoms with E-state index in [0.29, 0.717) is 28.3 Å². The number of amides is 1. The maximum absolute atomic E-state index is 11.7. The number of nitrogen functional groups attached to an aromatic ring is 1. The fourth-order valence-corrected chi connectivity index (χ4v) is 2.05. The van der Waals surface area contributed by atoms with Crippen molar-refractivity contribution >= 4 is 23.3 Å². The van der Waals surface area contributed by atoms with E-state index >= 15 is 0 Å². The molecule has 0 bridgehead atoms. The molecule has 0 heterocycles. The number of nitrogens with one attached hydrogen (secondary N) is 1. The summed E-state index contributed by atoms with van der Waals surface area (Å²) < 4.78 is 10.4. The summed E-state index contributed by atoms with van der Waals surface area (Å²) >= 11 is 0. The van der Waals surface area contributed by atoms with Gasteiger partial charge in [0.25, 0.3) is 0 Å². The normalized spacial score (nSPS) is 10.0. The first-order valence-electron chi connectivity index (χ1n) is 6.97. The number of hydrogen-bond acceptors (Lipinski definition) is 5. The zero-order valence-electron chi connectivity index (χ0n) is 13.0. The predicted octanol–water partition coefficient (Wildman–Crippen LogP) is 2.59. The molecule has 2 aromatic carbocycles. The lowest BCUT2D eigenvalue weighted by atomic mass is 10.1. The monoisotopic (exact) mass is 314 g/mol. The first kappa shape index (κ1) is 16.4. The standard InChI is InChI=1S/C17H18N2O4/c1-11(20)19-16-8-7-13(9-15(16)18)23-10-12-5-3-4-6-14(12)17(21)22-2/h3-9H,10,18H2,1-2H3,(H,19,20). The third-order valence-electron chi connectivity index (χ3n) is 3.15. The second kappa shape index (κ2) is 7.31. The molecule has 2 aromatic rings. The molecule has 2 rings (SSSR count). The van der Waals surface area contributed by atoms with Crippen LogP contribution >= 0.6 is 0 Å². The van der Waals surface area contributed by atoms with Crippen LogP contribution in [0.15, 0.2) is 42.5 Å². The minimum atomic E-state index is -0.412. The van der Waals surface area contributed by atoms with Crippen molar-refractivity contribution in [2.24, 2.45) is 0 Å². The number of carbonyl (C=O) groups excluding carboxylic acids is 2. The molecule has 6 nitrogen and oxygen atoms in total. The van der Waals surface area contributed by atoms with Crippen molar-refractivity contribution in [2.45, 2.75) is 13.5 Å². The van der Waals surface area contributed by atoms with Crippen LogP contribution in [0.4, 0.5) is 11.4 Å². The van der Waals surface area contributed by atoms with Gasteiger partial charge in [-0.05, 0) is 18.2 Å². The maximum atomic E-state index is 11.7. The smallest absolute Gasteiger partial charge is 0.338 e. The van der Waals surface area contributed by atoms with Crippen LogP contribution in [0.25, 0.3) is 0 Å².